The average Bonchev–Trinajstić information content (AvgIpc) is 2.29. The van der Waals surface area contributed by atoms with Gasteiger partial charge in [-0.3, -0.25) is 0 Å². The molecule has 1 N–H and O–H groups in total. The summed E-state index contributed by atoms with van der Waals surface area (Å²) in [6.45, 7) is 2.68. The van der Waals surface area contributed by atoms with Crippen molar-refractivity contribution in [1.29, 1.82) is 0 Å². The van der Waals surface area contributed by atoms with E-state index in [4.69, 9.17) is 26.2 Å². The van der Waals surface area contributed by atoms with E-state index < -0.39 is 0 Å². The predicted octanol–water partition coefficient (Wildman–Crippen LogP) is 2.67. The van der Waals surface area contributed by atoms with E-state index in [1.807, 2.05) is 13.0 Å². The number of hydrogen-bond acceptors (Lipinski definition) is 3. The van der Waals surface area contributed by atoms with Crippen LogP contribution < -0.4 is 9.47 Å². The Kier molecular flexibility index (Phi) is 5.43. The highest BCUT2D eigenvalue weighted by atomic mass is 35.5. The Morgan fingerprint density at radius 2 is 2.06 bits per heavy atom. The monoisotopic (exact) mass is 244 g/mol. The highest BCUT2D eigenvalue weighted by molar-refractivity contribution is 6.32. The third-order valence-electron chi connectivity index (χ3n) is 2.24. The smallest absolute Gasteiger partial charge is 0.141 e. The molecular formula is C12H17ClO3. The summed E-state index contributed by atoms with van der Waals surface area (Å²) < 4.78 is 10.6. The van der Waals surface area contributed by atoms with Crippen LogP contribution in [0.15, 0.2) is 12.1 Å². The SMILES string of the molecule is CCOc1cc(OC)c(Cl)cc1CCCO. The molecule has 16 heavy (non-hydrogen) atoms. The summed E-state index contributed by atoms with van der Waals surface area (Å²) in [5.41, 5.74) is 1.00. The predicted molar refractivity (Wildman–Crippen MR) is 64.6 cm³/mol. The zero-order valence-electron chi connectivity index (χ0n) is 9.62. The number of hydrogen-bond donors (Lipinski definition) is 1. The standard InChI is InChI=1S/C12H17ClO3/c1-3-16-11-8-12(15-2)10(13)7-9(11)5-4-6-14/h7-8,14H,3-6H2,1-2H3. The van der Waals surface area contributed by atoms with Gasteiger partial charge in [-0.25, -0.2) is 0 Å². The van der Waals surface area contributed by atoms with Crippen molar-refractivity contribution in [2.24, 2.45) is 0 Å². The number of aliphatic hydroxyl groups excluding tert-OH is 1. The Balaban J connectivity index is 2.98. The second-order valence-corrected chi connectivity index (χ2v) is 3.76. The van der Waals surface area contributed by atoms with Gasteiger partial charge in [-0.2, -0.15) is 0 Å². The fourth-order valence-corrected chi connectivity index (χ4v) is 1.75. The zero-order chi connectivity index (χ0) is 12.0. The van der Waals surface area contributed by atoms with E-state index in [1.165, 1.54) is 0 Å². The Hall–Kier alpha value is -0.930. The normalized spacial score (nSPS) is 10.2. The Bertz CT molecular complexity index is 339. The molecule has 0 aliphatic rings. The van der Waals surface area contributed by atoms with Crippen molar-refractivity contribution in [2.45, 2.75) is 19.8 Å². The first kappa shape index (κ1) is 13.1. The van der Waals surface area contributed by atoms with Gasteiger partial charge in [-0.15, -0.1) is 0 Å². The number of halogens is 1. The van der Waals surface area contributed by atoms with Crippen molar-refractivity contribution in [3.05, 3.63) is 22.7 Å². The fraction of sp³-hybridized carbons (Fsp3) is 0.500. The second kappa shape index (κ2) is 6.61. The van der Waals surface area contributed by atoms with Crippen LogP contribution in [-0.2, 0) is 6.42 Å². The zero-order valence-corrected chi connectivity index (χ0v) is 10.4. The summed E-state index contributed by atoms with van der Waals surface area (Å²) in [4.78, 5) is 0. The molecule has 0 spiro atoms. The van der Waals surface area contributed by atoms with Gasteiger partial charge in [0.25, 0.3) is 0 Å². The lowest BCUT2D eigenvalue weighted by molar-refractivity contribution is 0.286. The molecule has 0 radical (unpaired) electrons. The van der Waals surface area contributed by atoms with Crippen molar-refractivity contribution in [1.82, 2.24) is 0 Å². The maximum Gasteiger partial charge on any atom is 0.141 e. The van der Waals surface area contributed by atoms with Gasteiger partial charge < -0.3 is 14.6 Å². The molecule has 0 amide bonds. The molecule has 1 aromatic rings. The van der Waals surface area contributed by atoms with Crippen LogP contribution in [-0.4, -0.2) is 25.4 Å². The third-order valence-corrected chi connectivity index (χ3v) is 2.53. The topological polar surface area (TPSA) is 38.7 Å². The van der Waals surface area contributed by atoms with Crippen molar-refractivity contribution < 1.29 is 14.6 Å². The minimum absolute atomic E-state index is 0.162. The lowest BCUT2D eigenvalue weighted by Gasteiger charge is -2.13. The maximum atomic E-state index is 8.82. The number of methoxy groups -OCH3 is 1. The van der Waals surface area contributed by atoms with Crippen molar-refractivity contribution in [3.63, 3.8) is 0 Å². The first-order valence-electron chi connectivity index (χ1n) is 5.33. The van der Waals surface area contributed by atoms with Gasteiger partial charge in [-0.1, -0.05) is 11.6 Å². The number of rotatable bonds is 6. The molecule has 0 bridgehead atoms. The molecule has 0 heterocycles. The molecule has 0 fully saturated rings. The van der Waals surface area contributed by atoms with Gasteiger partial charge in [0.2, 0.25) is 0 Å². The molecule has 90 valence electrons. The van der Waals surface area contributed by atoms with E-state index in [1.54, 1.807) is 13.2 Å². The average molecular weight is 245 g/mol. The molecule has 4 heteroatoms. The molecule has 1 aromatic carbocycles. The largest absolute Gasteiger partial charge is 0.495 e. The van der Waals surface area contributed by atoms with E-state index in [0.29, 0.717) is 23.8 Å². The molecule has 0 aromatic heterocycles. The fourth-order valence-electron chi connectivity index (χ4n) is 1.49. The molecule has 0 aliphatic heterocycles. The number of aryl methyl sites for hydroxylation is 1. The molecule has 0 unspecified atom stereocenters. The summed E-state index contributed by atoms with van der Waals surface area (Å²) in [5, 5.41) is 9.39. The highest BCUT2D eigenvalue weighted by Gasteiger charge is 2.09. The van der Waals surface area contributed by atoms with Crippen LogP contribution in [0.2, 0.25) is 5.02 Å². The molecule has 0 aliphatic carbocycles. The molecule has 0 saturated heterocycles. The third kappa shape index (κ3) is 3.29. The molecule has 1 rings (SSSR count). The minimum atomic E-state index is 0.162. The van der Waals surface area contributed by atoms with E-state index in [-0.39, 0.29) is 6.61 Å². The molecule has 0 saturated carbocycles. The minimum Gasteiger partial charge on any atom is -0.495 e. The summed E-state index contributed by atoms with van der Waals surface area (Å²) in [6, 6.07) is 3.62. The van der Waals surface area contributed by atoms with Crippen LogP contribution in [0.25, 0.3) is 0 Å². The van der Waals surface area contributed by atoms with E-state index in [2.05, 4.69) is 0 Å². The van der Waals surface area contributed by atoms with E-state index in [9.17, 15) is 0 Å². The number of ether oxygens (including phenoxy) is 2. The Morgan fingerprint density at radius 1 is 1.31 bits per heavy atom. The summed E-state index contributed by atoms with van der Waals surface area (Å²) in [5.74, 6) is 1.38. The first-order valence-corrected chi connectivity index (χ1v) is 5.70. The summed E-state index contributed by atoms with van der Waals surface area (Å²) in [6.07, 6.45) is 1.44. The van der Waals surface area contributed by atoms with Crippen molar-refractivity contribution in [2.75, 3.05) is 20.3 Å². The van der Waals surface area contributed by atoms with Gasteiger partial charge in [0.05, 0.1) is 18.7 Å². The number of aliphatic hydroxyl groups is 1. The van der Waals surface area contributed by atoms with Crippen LogP contribution in [0.3, 0.4) is 0 Å². The van der Waals surface area contributed by atoms with Crippen LogP contribution in [0, 0.1) is 0 Å². The molecule has 0 atom stereocenters. The highest BCUT2D eigenvalue weighted by Crippen LogP contribution is 2.33. The summed E-state index contributed by atoms with van der Waals surface area (Å²) in [7, 11) is 1.57. The van der Waals surface area contributed by atoms with Crippen LogP contribution >= 0.6 is 11.6 Å². The van der Waals surface area contributed by atoms with Crippen LogP contribution in [0.1, 0.15) is 18.9 Å². The van der Waals surface area contributed by atoms with Crippen molar-refractivity contribution >= 4 is 11.6 Å². The van der Waals surface area contributed by atoms with Crippen LogP contribution in [0.5, 0.6) is 11.5 Å². The van der Waals surface area contributed by atoms with Gasteiger partial charge in [-0.05, 0) is 31.4 Å². The summed E-state index contributed by atoms with van der Waals surface area (Å²) >= 11 is 6.04. The van der Waals surface area contributed by atoms with Gasteiger partial charge in [0, 0.05) is 12.7 Å². The number of benzene rings is 1. The molecule has 3 nitrogen and oxygen atoms in total. The Labute approximate surface area is 101 Å². The van der Waals surface area contributed by atoms with Gasteiger partial charge in [0.1, 0.15) is 11.5 Å². The van der Waals surface area contributed by atoms with E-state index >= 15 is 0 Å². The van der Waals surface area contributed by atoms with Gasteiger partial charge in [0.15, 0.2) is 0 Å². The first-order chi connectivity index (χ1) is 7.72. The molecular weight excluding hydrogens is 228 g/mol. The maximum absolute atomic E-state index is 8.82. The van der Waals surface area contributed by atoms with Gasteiger partial charge >= 0.3 is 0 Å². The second-order valence-electron chi connectivity index (χ2n) is 3.35. The lowest BCUT2D eigenvalue weighted by atomic mass is 10.1. The Morgan fingerprint density at radius 3 is 2.62 bits per heavy atom. The van der Waals surface area contributed by atoms with E-state index in [0.717, 1.165) is 17.7 Å². The quantitative estimate of drug-likeness (QED) is 0.836. The van der Waals surface area contributed by atoms with Crippen molar-refractivity contribution in [3.8, 4) is 11.5 Å². The lowest BCUT2D eigenvalue weighted by Crippen LogP contribution is -1.99. The van der Waals surface area contributed by atoms with Crippen LogP contribution in [0.4, 0.5) is 0 Å².